The van der Waals surface area contributed by atoms with Gasteiger partial charge in [0.15, 0.2) is 0 Å². The van der Waals surface area contributed by atoms with Crippen LogP contribution in [0.1, 0.15) is 27.7 Å². The molecule has 0 aromatic heterocycles. The molecule has 0 bridgehead atoms. The SMILES string of the molecule is CCNC(C)(C)C(=O)NC(C)CS(C)=O. The van der Waals surface area contributed by atoms with Crippen molar-refractivity contribution in [2.75, 3.05) is 18.6 Å². The summed E-state index contributed by atoms with van der Waals surface area (Å²) in [5.74, 6) is 0.441. The van der Waals surface area contributed by atoms with Gasteiger partial charge in [-0.05, 0) is 27.3 Å². The third-order valence-corrected chi connectivity index (χ3v) is 3.02. The fourth-order valence-corrected chi connectivity index (χ4v) is 2.11. The summed E-state index contributed by atoms with van der Waals surface area (Å²) < 4.78 is 11.0. The van der Waals surface area contributed by atoms with Crippen LogP contribution in [-0.4, -0.2) is 40.3 Å². The molecule has 0 aromatic rings. The monoisotopic (exact) mass is 234 g/mol. The minimum absolute atomic E-state index is 0.0534. The summed E-state index contributed by atoms with van der Waals surface area (Å²) in [6.45, 7) is 8.23. The summed E-state index contributed by atoms with van der Waals surface area (Å²) in [5.41, 5.74) is -0.571. The van der Waals surface area contributed by atoms with Crippen LogP contribution in [0.15, 0.2) is 0 Å². The molecular formula is C10H22N2O2S. The molecule has 0 aliphatic carbocycles. The van der Waals surface area contributed by atoms with Gasteiger partial charge in [0.1, 0.15) is 0 Å². The zero-order chi connectivity index (χ0) is 12.1. The van der Waals surface area contributed by atoms with Crippen molar-refractivity contribution in [2.45, 2.75) is 39.3 Å². The van der Waals surface area contributed by atoms with Gasteiger partial charge in [0, 0.05) is 28.9 Å². The van der Waals surface area contributed by atoms with E-state index in [-0.39, 0.29) is 11.9 Å². The van der Waals surface area contributed by atoms with Crippen LogP contribution in [0.2, 0.25) is 0 Å². The zero-order valence-electron chi connectivity index (χ0n) is 10.2. The number of carbonyl (C=O) groups excluding carboxylic acids is 1. The lowest BCUT2D eigenvalue weighted by molar-refractivity contribution is -0.126. The van der Waals surface area contributed by atoms with Crippen molar-refractivity contribution in [2.24, 2.45) is 0 Å². The average Bonchev–Trinajstić information content (AvgIpc) is 2.01. The zero-order valence-corrected chi connectivity index (χ0v) is 11.0. The van der Waals surface area contributed by atoms with Crippen LogP contribution in [0, 0.1) is 0 Å². The van der Waals surface area contributed by atoms with E-state index in [1.54, 1.807) is 6.26 Å². The van der Waals surface area contributed by atoms with Crippen LogP contribution in [0.4, 0.5) is 0 Å². The van der Waals surface area contributed by atoms with Gasteiger partial charge in [-0.2, -0.15) is 0 Å². The number of nitrogens with one attached hydrogen (secondary N) is 2. The van der Waals surface area contributed by atoms with E-state index in [1.165, 1.54) is 0 Å². The van der Waals surface area contributed by atoms with Crippen molar-refractivity contribution >= 4 is 16.7 Å². The first-order valence-electron chi connectivity index (χ1n) is 5.15. The highest BCUT2D eigenvalue weighted by Crippen LogP contribution is 2.02. The van der Waals surface area contributed by atoms with Crippen LogP contribution in [0.5, 0.6) is 0 Å². The Kier molecular flexibility index (Phi) is 6.05. The maximum atomic E-state index is 11.8. The first-order valence-corrected chi connectivity index (χ1v) is 6.88. The molecule has 0 heterocycles. The maximum Gasteiger partial charge on any atom is 0.239 e. The number of hydrogen-bond acceptors (Lipinski definition) is 3. The van der Waals surface area contributed by atoms with E-state index >= 15 is 0 Å². The van der Waals surface area contributed by atoms with Crippen LogP contribution in [0.3, 0.4) is 0 Å². The van der Waals surface area contributed by atoms with Crippen molar-refractivity contribution in [3.05, 3.63) is 0 Å². The number of carbonyl (C=O) groups is 1. The largest absolute Gasteiger partial charge is 0.351 e. The lowest BCUT2D eigenvalue weighted by atomic mass is 10.0. The van der Waals surface area contributed by atoms with E-state index in [4.69, 9.17) is 0 Å². The molecule has 2 N–H and O–H groups in total. The summed E-state index contributed by atoms with van der Waals surface area (Å²) in [5, 5.41) is 5.93. The van der Waals surface area contributed by atoms with Gasteiger partial charge >= 0.3 is 0 Å². The fourth-order valence-electron chi connectivity index (χ4n) is 1.32. The first kappa shape index (κ1) is 14.6. The summed E-state index contributed by atoms with van der Waals surface area (Å²) in [6.07, 6.45) is 1.64. The molecule has 0 radical (unpaired) electrons. The Balaban J connectivity index is 4.17. The van der Waals surface area contributed by atoms with Gasteiger partial charge in [0.25, 0.3) is 0 Å². The number of rotatable bonds is 6. The van der Waals surface area contributed by atoms with E-state index < -0.39 is 16.3 Å². The summed E-state index contributed by atoms with van der Waals surface area (Å²) in [4.78, 5) is 11.8. The molecule has 0 aliphatic heterocycles. The Hall–Kier alpha value is -0.420. The average molecular weight is 234 g/mol. The third kappa shape index (κ3) is 5.89. The van der Waals surface area contributed by atoms with Gasteiger partial charge in [-0.25, -0.2) is 0 Å². The van der Waals surface area contributed by atoms with Crippen molar-refractivity contribution in [3.63, 3.8) is 0 Å². The first-order chi connectivity index (χ1) is 6.79. The number of likely N-dealkylation sites (N-methyl/N-ethyl adjacent to an activating group) is 1. The van der Waals surface area contributed by atoms with Gasteiger partial charge in [-0.1, -0.05) is 6.92 Å². The predicted molar refractivity (Wildman–Crippen MR) is 64.3 cm³/mol. The second-order valence-electron chi connectivity index (χ2n) is 4.27. The third-order valence-electron chi connectivity index (χ3n) is 2.05. The molecule has 0 spiro atoms. The van der Waals surface area contributed by atoms with Crippen molar-refractivity contribution in [1.29, 1.82) is 0 Å². The number of hydrogen-bond donors (Lipinski definition) is 2. The molecule has 2 unspecified atom stereocenters. The molecule has 5 heteroatoms. The molecule has 2 atom stereocenters. The molecule has 90 valence electrons. The summed E-state index contributed by atoms with van der Waals surface area (Å²) in [6, 6.07) is -0.0544. The Bertz CT molecular complexity index is 242. The van der Waals surface area contributed by atoms with Crippen LogP contribution in [-0.2, 0) is 15.6 Å². The van der Waals surface area contributed by atoms with Gasteiger partial charge in [-0.15, -0.1) is 0 Å². The normalized spacial score (nSPS) is 15.8. The second-order valence-corrected chi connectivity index (χ2v) is 5.75. The summed E-state index contributed by atoms with van der Waals surface area (Å²) >= 11 is 0. The van der Waals surface area contributed by atoms with Crippen LogP contribution in [0.25, 0.3) is 0 Å². The molecule has 0 aromatic carbocycles. The second kappa shape index (κ2) is 6.23. The highest BCUT2D eigenvalue weighted by atomic mass is 32.2. The summed E-state index contributed by atoms with van der Waals surface area (Å²) in [7, 11) is -0.878. The van der Waals surface area contributed by atoms with Crippen molar-refractivity contribution < 1.29 is 9.00 Å². The highest BCUT2D eigenvalue weighted by molar-refractivity contribution is 7.84. The highest BCUT2D eigenvalue weighted by Gasteiger charge is 2.27. The Morgan fingerprint density at radius 3 is 2.40 bits per heavy atom. The topological polar surface area (TPSA) is 58.2 Å². The Labute approximate surface area is 94.7 Å². The van der Waals surface area contributed by atoms with E-state index in [9.17, 15) is 9.00 Å². The maximum absolute atomic E-state index is 11.8. The predicted octanol–water partition coefficient (Wildman–Crippen LogP) is 0.258. The van der Waals surface area contributed by atoms with Crippen molar-refractivity contribution in [1.82, 2.24) is 10.6 Å². The minimum atomic E-state index is -0.878. The van der Waals surface area contributed by atoms with E-state index in [2.05, 4.69) is 10.6 Å². The standard InChI is InChI=1S/C10H22N2O2S/c1-6-11-10(3,4)9(13)12-8(2)7-15(5)14/h8,11H,6-7H2,1-5H3,(H,12,13). The van der Waals surface area contributed by atoms with E-state index in [1.807, 2.05) is 27.7 Å². The van der Waals surface area contributed by atoms with Gasteiger partial charge in [0.05, 0.1) is 5.54 Å². The minimum Gasteiger partial charge on any atom is -0.351 e. The van der Waals surface area contributed by atoms with E-state index in [0.717, 1.165) is 6.54 Å². The van der Waals surface area contributed by atoms with Crippen LogP contribution < -0.4 is 10.6 Å². The smallest absolute Gasteiger partial charge is 0.239 e. The molecule has 0 rings (SSSR count). The molecule has 0 fully saturated rings. The Morgan fingerprint density at radius 2 is 2.00 bits per heavy atom. The molecule has 4 nitrogen and oxygen atoms in total. The van der Waals surface area contributed by atoms with Gasteiger partial charge < -0.3 is 10.6 Å². The molecule has 0 saturated heterocycles. The van der Waals surface area contributed by atoms with Crippen LogP contribution >= 0.6 is 0 Å². The van der Waals surface area contributed by atoms with Crippen molar-refractivity contribution in [3.8, 4) is 0 Å². The molecule has 15 heavy (non-hydrogen) atoms. The lowest BCUT2D eigenvalue weighted by Gasteiger charge is -2.26. The molecule has 1 amide bonds. The molecular weight excluding hydrogens is 212 g/mol. The molecule has 0 saturated carbocycles. The Morgan fingerprint density at radius 1 is 1.47 bits per heavy atom. The van der Waals surface area contributed by atoms with E-state index in [0.29, 0.717) is 5.75 Å². The lowest BCUT2D eigenvalue weighted by Crippen LogP contribution is -2.55. The quantitative estimate of drug-likeness (QED) is 0.693. The van der Waals surface area contributed by atoms with Gasteiger partial charge in [-0.3, -0.25) is 9.00 Å². The van der Waals surface area contributed by atoms with Gasteiger partial charge in [0.2, 0.25) is 5.91 Å². The fraction of sp³-hybridized carbons (Fsp3) is 0.900. The number of amides is 1. The molecule has 0 aliphatic rings.